The predicted molar refractivity (Wildman–Crippen MR) is 157 cm³/mol. The number of aliphatic imine (C=N–C) groups is 1. The van der Waals surface area contributed by atoms with E-state index in [0.717, 1.165) is 58.9 Å². The van der Waals surface area contributed by atoms with Crippen LogP contribution in [0.15, 0.2) is 76.5 Å². The van der Waals surface area contributed by atoms with Gasteiger partial charge in [0.05, 0.1) is 0 Å². The number of allylic oxidation sites excluding steroid dienone is 3. The average Bonchev–Trinajstić information content (AvgIpc) is 3.59. The lowest BCUT2D eigenvalue weighted by Gasteiger charge is -2.13. The van der Waals surface area contributed by atoms with Crippen LogP contribution in [0.5, 0.6) is 10.9 Å². The molecule has 3 aromatic rings. The first-order chi connectivity index (χ1) is 18.1. The third-order valence-electron chi connectivity index (χ3n) is 4.80. The molecule has 0 saturated heterocycles. The minimum Gasteiger partial charge on any atom is -0.489 e. The molecule has 0 atom stereocenters. The van der Waals surface area contributed by atoms with Crippen LogP contribution in [-0.2, 0) is 6.61 Å². The van der Waals surface area contributed by atoms with Crippen molar-refractivity contribution in [1.82, 2.24) is 15.3 Å². The molecule has 1 aliphatic heterocycles. The number of hydrogen-bond donors (Lipinski definition) is 2. The van der Waals surface area contributed by atoms with E-state index in [0.29, 0.717) is 18.4 Å². The third kappa shape index (κ3) is 9.51. The van der Waals surface area contributed by atoms with Gasteiger partial charge in [-0.1, -0.05) is 74.6 Å². The number of anilines is 1. The summed E-state index contributed by atoms with van der Waals surface area (Å²) in [6.07, 6.45) is 10.0. The van der Waals surface area contributed by atoms with Gasteiger partial charge in [0.25, 0.3) is 5.19 Å². The van der Waals surface area contributed by atoms with Crippen LogP contribution in [0.2, 0.25) is 0 Å². The highest BCUT2D eigenvalue weighted by atomic mass is 32.1. The van der Waals surface area contributed by atoms with Gasteiger partial charge in [-0.15, -0.1) is 11.3 Å². The summed E-state index contributed by atoms with van der Waals surface area (Å²) in [5.41, 5.74) is 3.63. The highest BCUT2D eigenvalue weighted by Crippen LogP contribution is 2.29. The van der Waals surface area contributed by atoms with Gasteiger partial charge in [0.15, 0.2) is 11.1 Å². The second-order valence-corrected chi connectivity index (χ2v) is 9.75. The Morgan fingerprint density at radius 3 is 2.73 bits per heavy atom. The topological polar surface area (TPSA) is 80.7 Å². The lowest BCUT2D eigenvalue weighted by molar-refractivity contribution is 0.302. The summed E-state index contributed by atoms with van der Waals surface area (Å²) < 4.78 is 11.8. The summed E-state index contributed by atoms with van der Waals surface area (Å²) in [6, 6.07) is 7.88. The number of nitrogens with one attached hydrogen (secondary N) is 2. The second-order valence-electron chi connectivity index (χ2n) is 8.08. The van der Waals surface area contributed by atoms with Crippen molar-refractivity contribution in [2.75, 3.05) is 25.0 Å². The number of ether oxygens (including phenoxy) is 2. The molecule has 0 radical (unpaired) electrons. The summed E-state index contributed by atoms with van der Waals surface area (Å²) >= 11 is 2.98. The number of nitrogens with zero attached hydrogens (tertiary/aromatic N) is 3. The van der Waals surface area contributed by atoms with Crippen molar-refractivity contribution in [2.45, 2.75) is 40.2 Å². The molecule has 0 aliphatic carbocycles. The fourth-order valence-electron chi connectivity index (χ4n) is 3.04. The molecule has 0 saturated carbocycles. The number of aromatic nitrogens is 2. The molecular formula is C28H35N5O2S2. The maximum atomic E-state index is 5.92. The maximum Gasteiger partial charge on any atom is 0.274 e. The zero-order valence-electron chi connectivity index (χ0n) is 21.7. The molecule has 1 aliphatic rings. The molecule has 2 N–H and O–H groups in total. The van der Waals surface area contributed by atoms with Gasteiger partial charge < -0.3 is 20.1 Å². The van der Waals surface area contributed by atoms with Crippen LogP contribution in [0.3, 0.4) is 0 Å². The molecule has 2 aromatic heterocycles. The average molecular weight is 538 g/mol. The summed E-state index contributed by atoms with van der Waals surface area (Å²) in [6.45, 7) is 12.7. The molecule has 0 spiro atoms. The molecule has 1 aromatic carbocycles. The highest BCUT2D eigenvalue weighted by Gasteiger charge is 2.12. The van der Waals surface area contributed by atoms with Gasteiger partial charge in [-0.05, 0) is 36.6 Å². The first-order valence-electron chi connectivity index (χ1n) is 12.4. The van der Waals surface area contributed by atoms with Crippen molar-refractivity contribution < 1.29 is 9.47 Å². The van der Waals surface area contributed by atoms with Gasteiger partial charge in [0, 0.05) is 23.8 Å². The van der Waals surface area contributed by atoms with Crippen LogP contribution in [0.1, 0.15) is 39.2 Å². The van der Waals surface area contributed by atoms with Gasteiger partial charge in [0.1, 0.15) is 30.4 Å². The standard InChI is InChI=1S/C25H27N5O2S2.C3H8/c1-3-5-8-18(4-2)14-31-20-10-6-9-19(13-20)15-32-25-29-22(17-34-25)21-16-33-24(28-21)30-23-26-11-7-12-27-23;1-3-2/h3-6,8-10,13,16-17H,2,7,11-12,14-15H2,1H3,(H2,26,27,28,30);3H2,1-2H3/b5-3-,18-8+;. The van der Waals surface area contributed by atoms with E-state index >= 15 is 0 Å². The van der Waals surface area contributed by atoms with Crippen molar-refractivity contribution in [3.05, 3.63) is 77.0 Å². The Morgan fingerprint density at radius 2 is 1.97 bits per heavy atom. The fourth-order valence-corrected chi connectivity index (χ4v) is 4.41. The Hall–Kier alpha value is -3.43. The number of hydrogen-bond acceptors (Lipinski definition) is 9. The van der Waals surface area contributed by atoms with Gasteiger partial charge >= 0.3 is 0 Å². The van der Waals surface area contributed by atoms with E-state index in [1.807, 2.05) is 60.2 Å². The van der Waals surface area contributed by atoms with E-state index in [2.05, 4.69) is 46.0 Å². The summed E-state index contributed by atoms with van der Waals surface area (Å²) in [4.78, 5) is 13.6. The Balaban J connectivity index is 0.00000121. The Bertz CT molecular complexity index is 1210. The van der Waals surface area contributed by atoms with Crippen LogP contribution in [0.4, 0.5) is 5.13 Å². The fraction of sp³-hybridized carbons (Fsp3) is 0.321. The lowest BCUT2D eigenvalue weighted by Crippen LogP contribution is -2.35. The van der Waals surface area contributed by atoms with Gasteiger partial charge in [-0.2, -0.15) is 0 Å². The zero-order chi connectivity index (χ0) is 26.3. The molecule has 9 heteroatoms. The van der Waals surface area contributed by atoms with Gasteiger partial charge in [-0.3, -0.25) is 4.99 Å². The molecular weight excluding hydrogens is 502 g/mol. The zero-order valence-corrected chi connectivity index (χ0v) is 23.3. The minimum atomic E-state index is 0.405. The molecule has 37 heavy (non-hydrogen) atoms. The summed E-state index contributed by atoms with van der Waals surface area (Å²) in [5.74, 6) is 1.56. The summed E-state index contributed by atoms with van der Waals surface area (Å²) in [5, 5.41) is 11.8. The number of benzene rings is 1. The quantitative estimate of drug-likeness (QED) is 0.269. The minimum absolute atomic E-state index is 0.405. The molecule has 0 bridgehead atoms. The third-order valence-corrected chi connectivity index (χ3v) is 6.31. The first-order valence-corrected chi connectivity index (χ1v) is 14.2. The van der Waals surface area contributed by atoms with E-state index in [1.54, 1.807) is 6.08 Å². The molecule has 4 rings (SSSR count). The molecule has 0 fully saturated rings. The molecule has 0 unspecified atom stereocenters. The molecule has 196 valence electrons. The Kier molecular flexibility index (Phi) is 11.9. The van der Waals surface area contributed by atoms with E-state index < -0.39 is 0 Å². The van der Waals surface area contributed by atoms with E-state index in [1.165, 1.54) is 29.1 Å². The SMILES string of the molecule is C=C/C(=C\C=C/C)COc1cccc(COc2nc(-c3csc(NC4=NCCCN4)n3)cs2)c1.CCC. The number of rotatable bonds is 10. The highest BCUT2D eigenvalue weighted by molar-refractivity contribution is 7.14. The first kappa shape index (κ1) is 28.1. The summed E-state index contributed by atoms with van der Waals surface area (Å²) in [7, 11) is 0. The molecule has 3 heterocycles. The normalized spacial score (nSPS) is 13.3. The van der Waals surface area contributed by atoms with Gasteiger partial charge in [-0.25, -0.2) is 9.97 Å². The molecule has 7 nitrogen and oxygen atoms in total. The van der Waals surface area contributed by atoms with Crippen LogP contribution in [0.25, 0.3) is 11.4 Å². The monoisotopic (exact) mass is 537 g/mol. The van der Waals surface area contributed by atoms with Crippen LogP contribution in [-0.4, -0.2) is 35.6 Å². The number of thiazole rings is 2. The van der Waals surface area contributed by atoms with E-state index in [-0.39, 0.29) is 0 Å². The van der Waals surface area contributed by atoms with Crippen LogP contribution < -0.4 is 20.1 Å². The Morgan fingerprint density at radius 1 is 1.16 bits per heavy atom. The van der Waals surface area contributed by atoms with E-state index in [4.69, 9.17) is 9.47 Å². The smallest absolute Gasteiger partial charge is 0.274 e. The van der Waals surface area contributed by atoms with E-state index in [9.17, 15) is 0 Å². The van der Waals surface area contributed by atoms with Crippen LogP contribution >= 0.6 is 22.7 Å². The predicted octanol–water partition coefficient (Wildman–Crippen LogP) is 7.09. The molecule has 0 amide bonds. The second kappa shape index (κ2) is 15.6. The Labute approximate surface area is 227 Å². The lowest BCUT2D eigenvalue weighted by atomic mass is 10.2. The van der Waals surface area contributed by atoms with Crippen molar-refractivity contribution >= 4 is 33.8 Å². The van der Waals surface area contributed by atoms with Crippen molar-refractivity contribution in [2.24, 2.45) is 4.99 Å². The number of guanidine groups is 1. The largest absolute Gasteiger partial charge is 0.489 e. The van der Waals surface area contributed by atoms with Gasteiger partial charge in [0.2, 0.25) is 0 Å². The van der Waals surface area contributed by atoms with Crippen molar-refractivity contribution in [3.63, 3.8) is 0 Å². The maximum absolute atomic E-state index is 5.92. The van der Waals surface area contributed by atoms with Crippen LogP contribution in [0, 0.1) is 0 Å². The van der Waals surface area contributed by atoms with Crippen molar-refractivity contribution in [1.29, 1.82) is 0 Å². The van der Waals surface area contributed by atoms with Crippen molar-refractivity contribution in [3.8, 4) is 22.3 Å².